The van der Waals surface area contributed by atoms with Crippen molar-refractivity contribution in [3.05, 3.63) is 28.3 Å². The SMILES string of the molecule is CC1CC(=O)c2c(O[Si](C)(C)C(C)(C)C)ccc(Cl)c21. The van der Waals surface area contributed by atoms with Crippen molar-refractivity contribution in [3.63, 3.8) is 0 Å². The Labute approximate surface area is 127 Å². The third-order valence-corrected chi connectivity index (χ3v) is 9.26. The van der Waals surface area contributed by atoms with Gasteiger partial charge in [-0.25, -0.2) is 0 Å². The van der Waals surface area contributed by atoms with E-state index in [4.69, 9.17) is 16.0 Å². The van der Waals surface area contributed by atoms with Crippen LogP contribution in [-0.4, -0.2) is 14.1 Å². The Bertz CT molecular complexity index is 558. The molecule has 0 spiro atoms. The Kier molecular flexibility index (Phi) is 3.80. The minimum absolute atomic E-state index is 0.104. The largest absolute Gasteiger partial charge is 0.543 e. The van der Waals surface area contributed by atoms with Crippen molar-refractivity contribution in [2.24, 2.45) is 0 Å². The van der Waals surface area contributed by atoms with Gasteiger partial charge in [0.1, 0.15) is 5.75 Å². The second-order valence-corrected chi connectivity index (χ2v) is 12.4. The molecule has 1 atom stereocenters. The van der Waals surface area contributed by atoms with Crippen LogP contribution in [0.3, 0.4) is 0 Å². The fourth-order valence-corrected chi connectivity index (χ4v) is 3.71. The summed E-state index contributed by atoms with van der Waals surface area (Å²) in [6, 6.07) is 3.72. The van der Waals surface area contributed by atoms with Crippen molar-refractivity contribution in [1.29, 1.82) is 0 Å². The molecule has 1 aromatic carbocycles. The summed E-state index contributed by atoms with van der Waals surface area (Å²) in [4.78, 5) is 12.3. The highest BCUT2D eigenvalue weighted by molar-refractivity contribution is 6.74. The van der Waals surface area contributed by atoms with E-state index in [1.807, 2.05) is 19.1 Å². The lowest BCUT2D eigenvalue weighted by molar-refractivity contribution is 0.0988. The molecule has 2 rings (SSSR count). The molecular weight excluding hydrogens is 288 g/mol. The molecule has 110 valence electrons. The molecule has 0 aromatic heterocycles. The van der Waals surface area contributed by atoms with Crippen LogP contribution >= 0.6 is 11.6 Å². The van der Waals surface area contributed by atoms with E-state index in [1.165, 1.54) is 0 Å². The van der Waals surface area contributed by atoms with Crippen molar-refractivity contribution in [2.45, 2.75) is 58.2 Å². The molecule has 0 saturated carbocycles. The van der Waals surface area contributed by atoms with Gasteiger partial charge in [0, 0.05) is 11.4 Å². The summed E-state index contributed by atoms with van der Waals surface area (Å²) in [5.74, 6) is 1.07. The van der Waals surface area contributed by atoms with Gasteiger partial charge in [0.05, 0.1) is 5.56 Å². The number of hydrogen-bond donors (Lipinski definition) is 0. The van der Waals surface area contributed by atoms with Gasteiger partial charge < -0.3 is 4.43 Å². The predicted molar refractivity (Wildman–Crippen MR) is 86.6 cm³/mol. The number of fused-ring (bicyclic) bond motifs is 1. The van der Waals surface area contributed by atoms with Gasteiger partial charge in [0.15, 0.2) is 5.78 Å². The molecule has 0 heterocycles. The number of carbonyl (C=O) groups is 1. The fraction of sp³-hybridized carbons (Fsp3) is 0.562. The molecule has 0 bridgehead atoms. The molecule has 20 heavy (non-hydrogen) atoms. The second kappa shape index (κ2) is 4.88. The van der Waals surface area contributed by atoms with Crippen LogP contribution in [0.15, 0.2) is 12.1 Å². The van der Waals surface area contributed by atoms with Gasteiger partial charge in [0.2, 0.25) is 0 Å². The second-order valence-electron chi connectivity index (χ2n) is 7.22. The minimum Gasteiger partial charge on any atom is -0.543 e. The maximum Gasteiger partial charge on any atom is 0.250 e. The number of carbonyl (C=O) groups excluding carboxylic acids is 1. The van der Waals surface area contributed by atoms with Gasteiger partial charge >= 0.3 is 0 Å². The lowest BCUT2D eigenvalue weighted by Gasteiger charge is -2.37. The van der Waals surface area contributed by atoms with Crippen molar-refractivity contribution in [3.8, 4) is 5.75 Å². The van der Waals surface area contributed by atoms with E-state index < -0.39 is 8.32 Å². The zero-order valence-corrected chi connectivity index (χ0v) is 14.9. The van der Waals surface area contributed by atoms with Crippen molar-refractivity contribution in [2.75, 3.05) is 0 Å². The van der Waals surface area contributed by atoms with E-state index in [0.29, 0.717) is 11.4 Å². The van der Waals surface area contributed by atoms with Gasteiger partial charge in [0.25, 0.3) is 8.32 Å². The van der Waals surface area contributed by atoms with E-state index in [-0.39, 0.29) is 16.7 Å². The molecule has 2 nitrogen and oxygen atoms in total. The highest BCUT2D eigenvalue weighted by atomic mass is 35.5. The van der Waals surface area contributed by atoms with Crippen molar-refractivity contribution < 1.29 is 9.22 Å². The average Bonchev–Trinajstić information content (AvgIpc) is 2.57. The Hall–Kier alpha value is -0.803. The molecule has 4 heteroatoms. The van der Waals surface area contributed by atoms with Crippen LogP contribution in [0.5, 0.6) is 5.75 Å². The van der Waals surface area contributed by atoms with E-state index in [1.54, 1.807) is 0 Å². The van der Waals surface area contributed by atoms with Crippen LogP contribution in [0.1, 0.15) is 56.0 Å². The Morgan fingerprint density at radius 3 is 2.45 bits per heavy atom. The van der Waals surface area contributed by atoms with Gasteiger partial charge in [-0.05, 0) is 41.7 Å². The van der Waals surface area contributed by atoms with E-state index >= 15 is 0 Å². The van der Waals surface area contributed by atoms with Crippen LogP contribution < -0.4 is 4.43 Å². The third-order valence-electron chi connectivity index (χ3n) is 4.59. The number of benzene rings is 1. The van der Waals surface area contributed by atoms with Gasteiger partial charge in [-0.1, -0.05) is 39.3 Å². The number of Topliss-reactive ketones (excluding diaryl/α,β-unsaturated/α-hetero) is 1. The first kappa shape index (κ1) is 15.6. The molecule has 1 unspecified atom stereocenters. The monoisotopic (exact) mass is 310 g/mol. The highest BCUT2D eigenvalue weighted by Crippen LogP contribution is 2.45. The molecule has 1 aromatic rings. The molecule has 0 amide bonds. The molecule has 0 fully saturated rings. The van der Waals surface area contributed by atoms with Gasteiger partial charge in [-0.2, -0.15) is 0 Å². The normalized spacial score (nSPS) is 19.1. The third kappa shape index (κ3) is 2.53. The summed E-state index contributed by atoms with van der Waals surface area (Å²) in [5.41, 5.74) is 1.68. The topological polar surface area (TPSA) is 26.3 Å². The lowest BCUT2D eigenvalue weighted by atomic mass is 10.0. The molecule has 0 saturated heterocycles. The Balaban J connectivity index is 2.49. The molecular formula is C16H23ClO2Si. The Morgan fingerprint density at radius 2 is 1.90 bits per heavy atom. The fourth-order valence-electron chi connectivity index (χ4n) is 2.34. The van der Waals surface area contributed by atoms with Crippen molar-refractivity contribution >= 4 is 25.7 Å². The van der Waals surface area contributed by atoms with E-state index in [2.05, 4.69) is 33.9 Å². The summed E-state index contributed by atoms with van der Waals surface area (Å²) >= 11 is 6.27. The predicted octanol–water partition coefficient (Wildman–Crippen LogP) is 5.41. The van der Waals surface area contributed by atoms with Crippen LogP contribution in [0.4, 0.5) is 0 Å². The van der Waals surface area contributed by atoms with E-state index in [0.717, 1.165) is 16.9 Å². The molecule has 1 aliphatic carbocycles. The molecule has 0 N–H and O–H groups in total. The van der Waals surface area contributed by atoms with Crippen molar-refractivity contribution in [1.82, 2.24) is 0 Å². The highest BCUT2D eigenvalue weighted by Gasteiger charge is 2.41. The number of hydrogen-bond acceptors (Lipinski definition) is 2. The maximum absolute atomic E-state index is 12.3. The maximum atomic E-state index is 12.3. The minimum atomic E-state index is -1.95. The Morgan fingerprint density at radius 1 is 1.30 bits per heavy atom. The van der Waals surface area contributed by atoms with Crippen LogP contribution in [-0.2, 0) is 0 Å². The standard InChI is InChI=1S/C16H23ClO2Si/c1-10-9-12(18)15-13(8-7-11(17)14(10)15)19-20(5,6)16(2,3)4/h7-8,10H,9H2,1-6H3. The summed E-state index contributed by atoms with van der Waals surface area (Å²) in [7, 11) is -1.95. The van der Waals surface area contributed by atoms with Gasteiger partial charge in [-0.3, -0.25) is 4.79 Å². The first-order valence-electron chi connectivity index (χ1n) is 7.09. The summed E-state index contributed by atoms with van der Waals surface area (Å²) in [6.07, 6.45) is 0.535. The van der Waals surface area contributed by atoms with Crippen LogP contribution in [0.25, 0.3) is 0 Å². The van der Waals surface area contributed by atoms with Crippen LogP contribution in [0, 0.1) is 0 Å². The van der Waals surface area contributed by atoms with Crippen LogP contribution in [0.2, 0.25) is 23.2 Å². The summed E-state index contributed by atoms with van der Waals surface area (Å²) < 4.78 is 6.34. The lowest BCUT2D eigenvalue weighted by Crippen LogP contribution is -2.44. The summed E-state index contributed by atoms with van der Waals surface area (Å²) in [5, 5.41) is 0.785. The molecule has 0 aliphatic heterocycles. The average molecular weight is 311 g/mol. The number of halogens is 1. The molecule has 1 aliphatic rings. The molecule has 0 radical (unpaired) electrons. The number of ketones is 1. The quantitative estimate of drug-likeness (QED) is 0.682. The number of rotatable bonds is 2. The zero-order chi connectivity index (χ0) is 15.3. The smallest absolute Gasteiger partial charge is 0.250 e. The first-order valence-corrected chi connectivity index (χ1v) is 10.4. The summed E-state index contributed by atoms with van der Waals surface area (Å²) in [6.45, 7) is 13.0. The zero-order valence-electron chi connectivity index (χ0n) is 13.1. The van der Waals surface area contributed by atoms with E-state index in [9.17, 15) is 4.79 Å². The van der Waals surface area contributed by atoms with Gasteiger partial charge in [-0.15, -0.1) is 0 Å². The first-order chi connectivity index (χ1) is 9.04.